The summed E-state index contributed by atoms with van der Waals surface area (Å²) in [6.07, 6.45) is 0.810. The molecule has 0 atom stereocenters. The molecule has 0 N–H and O–H groups in total. The maximum atomic E-state index is 12.9. The van der Waals surface area contributed by atoms with E-state index in [1.54, 1.807) is 0 Å². The number of benzene rings is 2. The second-order valence-corrected chi connectivity index (χ2v) is 6.37. The van der Waals surface area contributed by atoms with Gasteiger partial charge in [0.2, 0.25) is 0 Å². The van der Waals surface area contributed by atoms with Crippen LogP contribution in [-0.4, -0.2) is 37.2 Å². The zero-order valence-corrected chi connectivity index (χ0v) is 16.3. The Kier molecular flexibility index (Phi) is 6.22. The van der Waals surface area contributed by atoms with Crippen LogP contribution in [0.15, 0.2) is 36.4 Å². The van der Waals surface area contributed by atoms with E-state index in [0.29, 0.717) is 38.5 Å². The normalized spacial score (nSPS) is 13.1. The molecule has 0 fully saturated rings. The largest absolute Gasteiger partial charge is 0.494 e. The molecule has 27 heavy (non-hydrogen) atoms. The first-order valence-corrected chi connectivity index (χ1v) is 9.59. The molecule has 1 amide bonds. The van der Waals surface area contributed by atoms with Gasteiger partial charge in [-0.05, 0) is 74.7 Å². The molecule has 0 unspecified atom stereocenters. The number of hydrogen-bond donors (Lipinski definition) is 0. The molecule has 1 heterocycles. The van der Waals surface area contributed by atoms with Gasteiger partial charge in [0.25, 0.3) is 5.91 Å². The molecule has 1 aliphatic heterocycles. The van der Waals surface area contributed by atoms with Gasteiger partial charge in [-0.25, -0.2) is 0 Å². The highest BCUT2D eigenvalue weighted by atomic mass is 16.5. The first-order valence-electron chi connectivity index (χ1n) is 9.59. The van der Waals surface area contributed by atoms with Gasteiger partial charge in [0.15, 0.2) is 11.5 Å². The number of amides is 1. The quantitative estimate of drug-likeness (QED) is 0.738. The molecule has 0 bridgehead atoms. The molecule has 0 saturated carbocycles. The maximum Gasteiger partial charge on any atom is 0.254 e. The molecular weight excluding hydrogens is 342 g/mol. The van der Waals surface area contributed by atoms with Crippen molar-refractivity contribution in [3.63, 3.8) is 0 Å². The molecule has 2 aromatic rings. The number of carbonyl (C=O) groups excluding carboxylic acids is 1. The van der Waals surface area contributed by atoms with E-state index >= 15 is 0 Å². The number of fused-ring (bicyclic) bond motifs is 1. The minimum Gasteiger partial charge on any atom is -0.494 e. The van der Waals surface area contributed by atoms with Crippen molar-refractivity contribution in [2.45, 2.75) is 33.7 Å². The molecule has 5 heteroatoms. The number of rotatable bonds is 7. The summed E-state index contributed by atoms with van der Waals surface area (Å²) in [7, 11) is 0. The standard InChI is InChI=1S/C22H27NO4/c1-4-25-19-9-7-16(8-10-19)22(24)23-12-11-17-13-20(26-5-2)21(27-6-3)14-18(17)15-23/h7-10,13-14H,4-6,11-12,15H2,1-3H3. The zero-order valence-electron chi connectivity index (χ0n) is 16.3. The zero-order chi connectivity index (χ0) is 19.2. The Balaban J connectivity index is 1.78. The van der Waals surface area contributed by atoms with Crippen molar-refractivity contribution < 1.29 is 19.0 Å². The Morgan fingerprint density at radius 3 is 2.07 bits per heavy atom. The lowest BCUT2D eigenvalue weighted by atomic mass is 9.98. The van der Waals surface area contributed by atoms with Crippen molar-refractivity contribution in [2.24, 2.45) is 0 Å². The summed E-state index contributed by atoms with van der Waals surface area (Å²) in [6.45, 7) is 8.92. The highest BCUT2D eigenvalue weighted by Crippen LogP contribution is 2.34. The third-order valence-electron chi connectivity index (χ3n) is 4.58. The first kappa shape index (κ1) is 19.1. The second kappa shape index (κ2) is 8.80. The monoisotopic (exact) mass is 369 g/mol. The Morgan fingerprint density at radius 1 is 0.889 bits per heavy atom. The van der Waals surface area contributed by atoms with E-state index in [9.17, 15) is 4.79 Å². The fraction of sp³-hybridized carbons (Fsp3) is 0.409. The summed E-state index contributed by atoms with van der Waals surface area (Å²) >= 11 is 0. The highest BCUT2D eigenvalue weighted by Gasteiger charge is 2.24. The van der Waals surface area contributed by atoms with Gasteiger partial charge in [-0.3, -0.25) is 4.79 Å². The van der Waals surface area contributed by atoms with Crippen LogP contribution in [0.3, 0.4) is 0 Å². The fourth-order valence-electron chi connectivity index (χ4n) is 3.32. The van der Waals surface area contributed by atoms with Gasteiger partial charge in [-0.2, -0.15) is 0 Å². The number of hydrogen-bond acceptors (Lipinski definition) is 4. The van der Waals surface area contributed by atoms with Gasteiger partial charge in [0, 0.05) is 18.7 Å². The van der Waals surface area contributed by atoms with Crippen LogP contribution in [0, 0.1) is 0 Å². The molecule has 2 aromatic carbocycles. The highest BCUT2D eigenvalue weighted by molar-refractivity contribution is 5.94. The van der Waals surface area contributed by atoms with Crippen LogP contribution in [-0.2, 0) is 13.0 Å². The summed E-state index contributed by atoms with van der Waals surface area (Å²) in [4.78, 5) is 14.8. The predicted molar refractivity (Wildman–Crippen MR) is 105 cm³/mol. The van der Waals surface area contributed by atoms with E-state index in [-0.39, 0.29) is 5.91 Å². The van der Waals surface area contributed by atoms with E-state index in [1.165, 1.54) is 5.56 Å². The van der Waals surface area contributed by atoms with E-state index < -0.39 is 0 Å². The second-order valence-electron chi connectivity index (χ2n) is 6.37. The van der Waals surface area contributed by atoms with Crippen molar-refractivity contribution >= 4 is 5.91 Å². The molecular formula is C22H27NO4. The minimum absolute atomic E-state index is 0.0375. The molecule has 0 aliphatic carbocycles. The van der Waals surface area contributed by atoms with E-state index in [4.69, 9.17) is 14.2 Å². The number of nitrogens with zero attached hydrogens (tertiary/aromatic N) is 1. The lowest BCUT2D eigenvalue weighted by Crippen LogP contribution is -2.36. The fourth-order valence-corrected chi connectivity index (χ4v) is 3.32. The summed E-state index contributed by atoms with van der Waals surface area (Å²) in [6, 6.07) is 11.4. The van der Waals surface area contributed by atoms with Crippen molar-refractivity contribution in [2.75, 3.05) is 26.4 Å². The van der Waals surface area contributed by atoms with Gasteiger partial charge in [-0.1, -0.05) is 0 Å². The van der Waals surface area contributed by atoms with Gasteiger partial charge >= 0.3 is 0 Å². The van der Waals surface area contributed by atoms with Crippen LogP contribution >= 0.6 is 0 Å². The van der Waals surface area contributed by atoms with Crippen molar-refractivity contribution in [1.29, 1.82) is 0 Å². The van der Waals surface area contributed by atoms with E-state index in [0.717, 1.165) is 29.2 Å². The minimum atomic E-state index is 0.0375. The smallest absolute Gasteiger partial charge is 0.254 e. The lowest BCUT2D eigenvalue weighted by molar-refractivity contribution is 0.0734. The van der Waals surface area contributed by atoms with Gasteiger partial charge < -0.3 is 19.1 Å². The summed E-state index contributed by atoms with van der Waals surface area (Å²) in [5.41, 5.74) is 3.02. The molecule has 1 aliphatic rings. The Hall–Kier alpha value is -2.69. The Bertz CT molecular complexity index is 786. The van der Waals surface area contributed by atoms with Gasteiger partial charge in [0.05, 0.1) is 19.8 Å². The third-order valence-corrected chi connectivity index (χ3v) is 4.58. The summed E-state index contributed by atoms with van der Waals surface area (Å²) in [5, 5.41) is 0. The van der Waals surface area contributed by atoms with Crippen LogP contribution in [0.25, 0.3) is 0 Å². The van der Waals surface area contributed by atoms with E-state index in [1.807, 2.05) is 56.0 Å². The van der Waals surface area contributed by atoms with E-state index in [2.05, 4.69) is 6.07 Å². The van der Waals surface area contributed by atoms with Crippen LogP contribution in [0.5, 0.6) is 17.2 Å². The summed E-state index contributed by atoms with van der Waals surface area (Å²) in [5.74, 6) is 2.34. The van der Waals surface area contributed by atoms with Crippen LogP contribution in [0.4, 0.5) is 0 Å². The Morgan fingerprint density at radius 2 is 1.48 bits per heavy atom. The Labute approximate surface area is 160 Å². The topological polar surface area (TPSA) is 48.0 Å². The average Bonchev–Trinajstić information content (AvgIpc) is 2.69. The number of carbonyl (C=O) groups is 1. The van der Waals surface area contributed by atoms with Gasteiger partial charge in [-0.15, -0.1) is 0 Å². The first-order chi connectivity index (χ1) is 13.2. The molecule has 3 rings (SSSR count). The van der Waals surface area contributed by atoms with Crippen LogP contribution in [0.2, 0.25) is 0 Å². The van der Waals surface area contributed by atoms with Crippen molar-refractivity contribution in [3.8, 4) is 17.2 Å². The van der Waals surface area contributed by atoms with Gasteiger partial charge in [0.1, 0.15) is 5.75 Å². The SMILES string of the molecule is CCOc1ccc(C(=O)N2CCc3cc(OCC)c(OCC)cc3C2)cc1. The van der Waals surface area contributed by atoms with Crippen molar-refractivity contribution in [1.82, 2.24) is 4.90 Å². The van der Waals surface area contributed by atoms with Crippen LogP contribution < -0.4 is 14.2 Å². The third kappa shape index (κ3) is 4.35. The summed E-state index contributed by atoms with van der Waals surface area (Å²) < 4.78 is 16.9. The molecule has 0 aromatic heterocycles. The number of ether oxygens (including phenoxy) is 3. The molecule has 144 valence electrons. The average molecular weight is 369 g/mol. The maximum absolute atomic E-state index is 12.9. The lowest BCUT2D eigenvalue weighted by Gasteiger charge is -2.30. The molecule has 0 radical (unpaired) electrons. The predicted octanol–water partition coefficient (Wildman–Crippen LogP) is 4.08. The van der Waals surface area contributed by atoms with Crippen molar-refractivity contribution in [3.05, 3.63) is 53.1 Å². The van der Waals surface area contributed by atoms with Crippen LogP contribution in [0.1, 0.15) is 42.3 Å². The molecule has 0 saturated heterocycles. The molecule has 5 nitrogen and oxygen atoms in total. The molecule has 0 spiro atoms.